The van der Waals surface area contributed by atoms with E-state index >= 15 is 0 Å². The summed E-state index contributed by atoms with van der Waals surface area (Å²) in [6.45, 7) is 8.52. The van der Waals surface area contributed by atoms with Gasteiger partial charge in [-0.15, -0.1) is 0 Å². The van der Waals surface area contributed by atoms with E-state index in [9.17, 15) is 8.42 Å². The molecule has 1 aromatic rings. The van der Waals surface area contributed by atoms with Crippen LogP contribution in [-0.2, 0) is 10.0 Å². The van der Waals surface area contributed by atoms with Crippen LogP contribution in [0, 0.1) is 13.8 Å². The van der Waals surface area contributed by atoms with Crippen molar-refractivity contribution in [2.45, 2.75) is 63.8 Å². The van der Waals surface area contributed by atoms with Gasteiger partial charge in [0.2, 0.25) is 10.0 Å². The van der Waals surface area contributed by atoms with Crippen molar-refractivity contribution in [2.24, 2.45) is 0 Å². The molecule has 0 amide bonds. The second kappa shape index (κ2) is 9.01. The maximum atomic E-state index is 12.6. The average molecular weight is 369 g/mol. The molecule has 0 aromatic heterocycles. The highest BCUT2D eigenvalue weighted by molar-refractivity contribution is 7.89. The van der Waals surface area contributed by atoms with Crippen LogP contribution < -0.4 is 9.46 Å². The number of nitrogens with zero attached hydrogens (tertiary/aromatic N) is 1. The van der Waals surface area contributed by atoms with Crippen molar-refractivity contribution in [3.05, 3.63) is 23.3 Å². The highest BCUT2D eigenvalue weighted by atomic mass is 32.2. The summed E-state index contributed by atoms with van der Waals surface area (Å²) in [6, 6.07) is 4.01. The fourth-order valence-corrected chi connectivity index (χ4v) is 5.04. The monoisotopic (exact) mass is 368 g/mol. The molecule has 142 valence electrons. The maximum Gasteiger partial charge on any atom is 0.240 e. The predicted octanol–water partition coefficient (Wildman–Crippen LogP) is 3.24. The molecule has 1 atom stereocenters. The fraction of sp³-hybridized carbons (Fsp3) is 0.684. The molecular weight excluding hydrogens is 336 g/mol. The van der Waals surface area contributed by atoms with Gasteiger partial charge in [-0.05, 0) is 75.9 Å². The number of nitrogens with one attached hydrogen (secondary N) is 1. The zero-order valence-electron chi connectivity index (χ0n) is 16.0. The van der Waals surface area contributed by atoms with Gasteiger partial charge < -0.3 is 9.64 Å². The molecule has 0 saturated carbocycles. The number of piperidine rings is 1. The Morgan fingerprint density at radius 3 is 2.68 bits per heavy atom. The lowest BCUT2D eigenvalue weighted by Crippen LogP contribution is -2.40. The molecule has 0 aliphatic carbocycles. The van der Waals surface area contributed by atoms with Gasteiger partial charge in [0.1, 0.15) is 5.75 Å². The van der Waals surface area contributed by atoms with Crippen LogP contribution in [0.15, 0.2) is 17.0 Å². The molecule has 1 aromatic carbocycles. The normalized spacial score (nSPS) is 19.1. The average Bonchev–Trinajstić information content (AvgIpc) is 2.61. The molecule has 2 rings (SSSR count). The Bertz CT molecular complexity index is 673. The Kier molecular flexibility index (Phi) is 7.28. The molecule has 0 radical (unpaired) electrons. The second-order valence-electron chi connectivity index (χ2n) is 6.86. The third-order valence-corrected chi connectivity index (χ3v) is 6.94. The maximum absolute atomic E-state index is 12.6. The third kappa shape index (κ3) is 4.96. The molecule has 1 saturated heterocycles. The van der Waals surface area contributed by atoms with E-state index in [1.54, 1.807) is 19.2 Å². The van der Waals surface area contributed by atoms with E-state index in [2.05, 4.69) is 16.5 Å². The minimum absolute atomic E-state index is 0.343. The van der Waals surface area contributed by atoms with Crippen molar-refractivity contribution in [3.63, 3.8) is 0 Å². The lowest BCUT2D eigenvalue weighted by molar-refractivity contribution is 0.143. The quantitative estimate of drug-likeness (QED) is 0.716. The summed E-state index contributed by atoms with van der Waals surface area (Å²) in [5.74, 6) is 0.715. The third-order valence-electron chi connectivity index (χ3n) is 5.33. The van der Waals surface area contributed by atoms with Crippen LogP contribution in [0.25, 0.3) is 0 Å². The van der Waals surface area contributed by atoms with E-state index in [1.807, 2.05) is 13.8 Å². The van der Waals surface area contributed by atoms with Crippen molar-refractivity contribution in [2.75, 3.05) is 26.7 Å². The molecule has 1 N–H and O–H groups in total. The molecule has 25 heavy (non-hydrogen) atoms. The lowest BCUT2D eigenvalue weighted by Gasteiger charge is -2.35. The van der Waals surface area contributed by atoms with E-state index in [-0.39, 0.29) is 0 Å². The summed E-state index contributed by atoms with van der Waals surface area (Å²) >= 11 is 0. The Morgan fingerprint density at radius 1 is 1.24 bits per heavy atom. The smallest absolute Gasteiger partial charge is 0.240 e. The first-order valence-corrected chi connectivity index (χ1v) is 10.8. The lowest BCUT2D eigenvalue weighted by atomic mass is 10.00. The van der Waals surface area contributed by atoms with E-state index in [0.717, 1.165) is 30.6 Å². The van der Waals surface area contributed by atoms with Gasteiger partial charge in [0.15, 0.2) is 0 Å². The molecule has 0 spiro atoms. The van der Waals surface area contributed by atoms with Gasteiger partial charge in [0.25, 0.3) is 0 Å². The number of rotatable bonds is 8. The van der Waals surface area contributed by atoms with E-state index in [1.165, 1.54) is 25.7 Å². The Morgan fingerprint density at radius 2 is 2.00 bits per heavy atom. The van der Waals surface area contributed by atoms with E-state index in [0.29, 0.717) is 23.2 Å². The van der Waals surface area contributed by atoms with Crippen molar-refractivity contribution >= 4 is 10.0 Å². The minimum atomic E-state index is -3.48. The molecule has 0 bridgehead atoms. The zero-order chi connectivity index (χ0) is 18.4. The van der Waals surface area contributed by atoms with Crippen molar-refractivity contribution < 1.29 is 13.2 Å². The molecule has 1 aliphatic heterocycles. The Balaban J connectivity index is 1.92. The van der Waals surface area contributed by atoms with Crippen LogP contribution in [-0.4, -0.2) is 46.1 Å². The number of sulfonamides is 1. The predicted molar refractivity (Wildman–Crippen MR) is 102 cm³/mol. The first-order valence-electron chi connectivity index (χ1n) is 9.28. The molecule has 1 fully saturated rings. The number of hydrogen-bond acceptors (Lipinski definition) is 4. The summed E-state index contributed by atoms with van der Waals surface area (Å²) < 4.78 is 33.2. The molecule has 1 unspecified atom stereocenters. The van der Waals surface area contributed by atoms with Gasteiger partial charge in [-0.2, -0.15) is 0 Å². The van der Waals surface area contributed by atoms with Crippen LogP contribution in [0.2, 0.25) is 0 Å². The largest absolute Gasteiger partial charge is 0.496 e. The van der Waals surface area contributed by atoms with Crippen molar-refractivity contribution in [1.82, 2.24) is 9.62 Å². The number of likely N-dealkylation sites (tertiary alicyclic amines) is 1. The van der Waals surface area contributed by atoms with Crippen LogP contribution in [0.4, 0.5) is 0 Å². The summed E-state index contributed by atoms with van der Waals surface area (Å²) in [5, 5.41) is 0. The number of benzene rings is 1. The fourth-order valence-electron chi connectivity index (χ4n) is 3.67. The van der Waals surface area contributed by atoms with Gasteiger partial charge in [0.05, 0.1) is 12.0 Å². The summed E-state index contributed by atoms with van der Waals surface area (Å²) in [7, 11) is -1.89. The van der Waals surface area contributed by atoms with Crippen LogP contribution in [0.3, 0.4) is 0 Å². The zero-order valence-corrected chi connectivity index (χ0v) is 16.8. The summed E-state index contributed by atoms with van der Waals surface area (Å²) in [4.78, 5) is 2.86. The van der Waals surface area contributed by atoms with Gasteiger partial charge in [-0.1, -0.05) is 13.3 Å². The van der Waals surface area contributed by atoms with Crippen LogP contribution in [0.5, 0.6) is 5.75 Å². The first kappa shape index (κ1) is 20.2. The summed E-state index contributed by atoms with van der Waals surface area (Å²) in [5.41, 5.74) is 1.61. The highest BCUT2D eigenvalue weighted by Gasteiger charge is 2.21. The van der Waals surface area contributed by atoms with Gasteiger partial charge in [-0.3, -0.25) is 0 Å². The molecule has 6 heteroatoms. The molecule has 1 heterocycles. The van der Waals surface area contributed by atoms with Crippen LogP contribution in [0.1, 0.15) is 50.2 Å². The van der Waals surface area contributed by atoms with Crippen LogP contribution >= 0.6 is 0 Å². The summed E-state index contributed by atoms with van der Waals surface area (Å²) in [6.07, 6.45) is 5.86. The van der Waals surface area contributed by atoms with Crippen molar-refractivity contribution in [1.29, 1.82) is 0 Å². The second-order valence-corrected chi connectivity index (χ2v) is 8.60. The van der Waals surface area contributed by atoms with Crippen molar-refractivity contribution in [3.8, 4) is 5.75 Å². The molecular formula is C19H32N2O3S. The topological polar surface area (TPSA) is 58.6 Å². The molecule has 1 aliphatic rings. The number of methoxy groups -OCH3 is 1. The number of hydrogen-bond donors (Lipinski definition) is 1. The van der Waals surface area contributed by atoms with Gasteiger partial charge in [-0.25, -0.2) is 13.1 Å². The molecule has 5 nitrogen and oxygen atoms in total. The Labute approximate surface area is 152 Å². The van der Waals surface area contributed by atoms with E-state index < -0.39 is 10.0 Å². The Hall–Kier alpha value is -1.11. The highest BCUT2D eigenvalue weighted by Crippen LogP contribution is 2.26. The minimum Gasteiger partial charge on any atom is -0.496 e. The van der Waals surface area contributed by atoms with Gasteiger partial charge >= 0.3 is 0 Å². The number of ether oxygens (including phenoxy) is 1. The first-order chi connectivity index (χ1) is 11.9. The van der Waals surface area contributed by atoms with Gasteiger partial charge in [0, 0.05) is 12.6 Å². The standard InChI is InChI=1S/C19H32N2O3S/c1-5-17-9-6-7-13-21(17)14-8-12-20-25(22,23)19-11-10-18(24-4)15(2)16(19)3/h10-11,17,20H,5-9,12-14H2,1-4H3. The SMILES string of the molecule is CCC1CCCCN1CCCNS(=O)(=O)c1ccc(OC)c(C)c1C. The van der Waals surface area contributed by atoms with E-state index in [4.69, 9.17) is 4.74 Å².